The molecule has 1 saturated carbocycles. The highest BCUT2D eigenvalue weighted by Gasteiger charge is 2.22. The molecule has 7 nitrogen and oxygen atoms in total. The lowest BCUT2D eigenvalue weighted by Gasteiger charge is -2.17. The molecule has 1 aliphatic carbocycles. The second kappa shape index (κ2) is 10.4. The number of fused-ring (bicyclic) bond motifs is 1. The maximum atomic E-state index is 13.6. The smallest absolute Gasteiger partial charge is 0.227 e. The Morgan fingerprint density at radius 3 is 2.60 bits per heavy atom. The fourth-order valence-electron chi connectivity index (χ4n) is 4.68. The van der Waals surface area contributed by atoms with Gasteiger partial charge in [0, 0.05) is 12.6 Å². The minimum Gasteiger partial charge on any atom is -0.394 e. The van der Waals surface area contributed by atoms with Crippen LogP contribution in [0.1, 0.15) is 50.6 Å². The number of aliphatic hydroxyl groups is 1. The maximum absolute atomic E-state index is 13.6. The van der Waals surface area contributed by atoms with Gasteiger partial charge in [-0.15, -0.1) is 0 Å². The molecular formula is C27H31FN6O. The Morgan fingerprint density at radius 1 is 1.09 bits per heavy atom. The zero-order chi connectivity index (χ0) is 24.2. The zero-order valence-electron chi connectivity index (χ0n) is 19.9. The monoisotopic (exact) mass is 474 g/mol. The topological polar surface area (TPSA) is 87.9 Å². The average Bonchev–Trinajstić information content (AvgIpc) is 3.56. The molecule has 1 atom stereocenters. The molecule has 4 aromatic rings. The van der Waals surface area contributed by atoms with E-state index in [0.29, 0.717) is 24.4 Å². The number of hydrogen-bond donors (Lipinski definition) is 3. The van der Waals surface area contributed by atoms with E-state index in [4.69, 9.17) is 9.97 Å². The number of aromatic nitrogens is 4. The first kappa shape index (κ1) is 23.2. The third-order valence-corrected chi connectivity index (χ3v) is 6.76. The molecule has 1 fully saturated rings. The van der Waals surface area contributed by atoms with Crippen LogP contribution in [0, 0.1) is 5.82 Å². The molecule has 3 N–H and O–H groups in total. The SMILES string of the molecule is CC[C@H](CO)Nc1nc(NCc2ccc(-c3cccc(F)c3)cc2)c2ncn(C3CCCC3)c2n1. The molecule has 35 heavy (non-hydrogen) atoms. The molecule has 5 rings (SSSR count). The van der Waals surface area contributed by atoms with Crippen molar-refractivity contribution < 1.29 is 9.50 Å². The molecule has 0 spiro atoms. The Bertz CT molecular complexity index is 1280. The Kier molecular flexibility index (Phi) is 6.90. The highest BCUT2D eigenvalue weighted by molar-refractivity contribution is 5.84. The maximum Gasteiger partial charge on any atom is 0.227 e. The molecule has 2 aromatic carbocycles. The van der Waals surface area contributed by atoms with Crippen LogP contribution in [0.3, 0.4) is 0 Å². The van der Waals surface area contributed by atoms with Crippen molar-refractivity contribution in [2.24, 2.45) is 0 Å². The highest BCUT2D eigenvalue weighted by atomic mass is 19.1. The molecule has 0 bridgehead atoms. The minimum absolute atomic E-state index is 0.0141. The van der Waals surface area contributed by atoms with Gasteiger partial charge >= 0.3 is 0 Å². The van der Waals surface area contributed by atoms with Crippen molar-refractivity contribution in [1.82, 2.24) is 19.5 Å². The highest BCUT2D eigenvalue weighted by Crippen LogP contribution is 2.33. The lowest BCUT2D eigenvalue weighted by molar-refractivity contribution is 0.271. The van der Waals surface area contributed by atoms with E-state index >= 15 is 0 Å². The Morgan fingerprint density at radius 2 is 1.89 bits per heavy atom. The minimum atomic E-state index is -0.242. The van der Waals surface area contributed by atoms with E-state index in [-0.39, 0.29) is 18.5 Å². The van der Waals surface area contributed by atoms with Crippen molar-refractivity contribution in [2.75, 3.05) is 17.2 Å². The van der Waals surface area contributed by atoms with Crippen LogP contribution in [-0.2, 0) is 6.54 Å². The lowest BCUT2D eigenvalue weighted by atomic mass is 10.0. The molecule has 0 amide bonds. The summed E-state index contributed by atoms with van der Waals surface area (Å²) in [5.74, 6) is 0.910. The van der Waals surface area contributed by atoms with Gasteiger partial charge in [0.1, 0.15) is 5.82 Å². The number of nitrogens with one attached hydrogen (secondary N) is 2. The standard InChI is InChI=1S/C27H31FN6O/c1-2-22(16-35)31-27-32-25(24-26(33-27)34(17-30-24)23-8-3-4-9-23)29-15-18-10-12-19(13-11-18)20-6-5-7-21(28)14-20/h5-7,10-14,17,22-23,35H,2-4,8-9,15-16H2,1H3,(H2,29,31,32,33)/t22-/m1/s1. The van der Waals surface area contributed by atoms with Gasteiger partial charge in [-0.25, -0.2) is 9.37 Å². The van der Waals surface area contributed by atoms with Crippen LogP contribution in [0.2, 0.25) is 0 Å². The van der Waals surface area contributed by atoms with Crippen LogP contribution in [0.25, 0.3) is 22.3 Å². The predicted molar refractivity (Wildman–Crippen MR) is 137 cm³/mol. The fraction of sp³-hybridized carbons (Fsp3) is 0.370. The molecule has 0 radical (unpaired) electrons. The van der Waals surface area contributed by atoms with Crippen LogP contribution < -0.4 is 10.6 Å². The molecule has 0 saturated heterocycles. The summed E-state index contributed by atoms with van der Waals surface area (Å²) in [6, 6.07) is 15.0. The first-order valence-corrected chi connectivity index (χ1v) is 12.4. The van der Waals surface area contributed by atoms with Gasteiger partial charge in [0.05, 0.1) is 19.0 Å². The van der Waals surface area contributed by atoms with E-state index in [0.717, 1.165) is 47.1 Å². The molecule has 0 aliphatic heterocycles. The Labute approximate surface area is 204 Å². The van der Waals surface area contributed by atoms with Gasteiger partial charge in [-0.2, -0.15) is 9.97 Å². The molecule has 1 aliphatic rings. The van der Waals surface area contributed by atoms with Crippen molar-refractivity contribution in [1.29, 1.82) is 0 Å². The normalized spacial score (nSPS) is 14.9. The first-order chi connectivity index (χ1) is 17.1. The summed E-state index contributed by atoms with van der Waals surface area (Å²) in [7, 11) is 0. The van der Waals surface area contributed by atoms with E-state index in [2.05, 4.69) is 20.2 Å². The van der Waals surface area contributed by atoms with Gasteiger partial charge in [-0.1, -0.05) is 56.2 Å². The first-order valence-electron chi connectivity index (χ1n) is 12.4. The third-order valence-electron chi connectivity index (χ3n) is 6.76. The van der Waals surface area contributed by atoms with Crippen LogP contribution in [-0.4, -0.2) is 37.3 Å². The number of rotatable bonds is 9. The van der Waals surface area contributed by atoms with Gasteiger partial charge in [-0.3, -0.25) is 0 Å². The second-order valence-corrected chi connectivity index (χ2v) is 9.15. The Hall–Kier alpha value is -3.52. The van der Waals surface area contributed by atoms with Crippen molar-refractivity contribution in [3.63, 3.8) is 0 Å². The summed E-state index contributed by atoms with van der Waals surface area (Å²) in [6.45, 7) is 2.59. The number of halogens is 1. The number of hydrogen-bond acceptors (Lipinski definition) is 6. The second-order valence-electron chi connectivity index (χ2n) is 9.15. The van der Waals surface area contributed by atoms with Gasteiger partial charge in [-0.05, 0) is 48.1 Å². The van der Waals surface area contributed by atoms with Crippen LogP contribution in [0.4, 0.5) is 16.2 Å². The summed E-state index contributed by atoms with van der Waals surface area (Å²) < 4.78 is 15.8. The van der Waals surface area contributed by atoms with Crippen LogP contribution >= 0.6 is 0 Å². The molecule has 0 unspecified atom stereocenters. The van der Waals surface area contributed by atoms with Crippen molar-refractivity contribution >= 4 is 22.9 Å². The third kappa shape index (κ3) is 5.12. The van der Waals surface area contributed by atoms with E-state index < -0.39 is 0 Å². The molecule has 182 valence electrons. The van der Waals surface area contributed by atoms with Gasteiger partial charge in [0.15, 0.2) is 17.0 Å². The lowest BCUT2D eigenvalue weighted by Crippen LogP contribution is -2.24. The Balaban J connectivity index is 1.40. The van der Waals surface area contributed by atoms with E-state index in [1.54, 1.807) is 6.07 Å². The summed E-state index contributed by atoms with van der Waals surface area (Å²) >= 11 is 0. The van der Waals surface area contributed by atoms with E-state index in [9.17, 15) is 9.50 Å². The molecule has 8 heteroatoms. The van der Waals surface area contributed by atoms with Crippen molar-refractivity contribution in [3.8, 4) is 11.1 Å². The fourth-order valence-corrected chi connectivity index (χ4v) is 4.68. The zero-order valence-corrected chi connectivity index (χ0v) is 19.9. The summed E-state index contributed by atoms with van der Waals surface area (Å²) in [4.78, 5) is 14.1. The number of nitrogens with zero attached hydrogens (tertiary/aromatic N) is 4. The number of aliphatic hydroxyl groups excluding tert-OH is 1. The van der Waals surface area contributed by atoms with Crippen LogP contribution in [0.15, 0.2) is 54.9 Å². The molecule has 2 heterocycles. The number of imidazole rings is 1. The molecule has 2 aromatic heterocycles. The summed E-state index contributed by atoms with van der Waals surface area (Å²) in [5, 5.41) is 16.4. The van der Waals surface area contributed by atoms with Crippen molar-refractivity contribution in [3.05, 3.63) is 66.2 Å². The summed E-state index contributed by atoms with van der Waals surface area (Å²) in [5.41, 5.74) is 4.45. The van der Waals surface area contributed by atoms with E-state index in [1.807, 2.05) is 43.6 Å². The quantitative estimate of drug-likeness (QED) is 0.295. The number of benzene rings is 2. The largest absolute Gasteiger partial charge is 0.394 e. The van der Waals surface area contributed by atoms with Gasteiger partial charge in [0.2, 0.25) is 5.95 Å². The number of anilines is 2. The van der Waals surface area contributed by atoms with E-state index in [1.165, 1.54) is 25.0 Å². The van der Waals surface area contributed by atoms with Gasteiger partial charge < -0.3 is 20.3 Å². The van der Waals surface area contributed by atoms with Gasteiger partial charge in [0.25, 0.3) is 0 Å². The predicted octanol–water partition coefficient (Wildman–Crippen LogP) is 5.54. The molecular weight excluding hydrogens is 443 g/mol. The van der Waals surface area contributed by atoms with Crippen LogP contribution in [0.5, 0.6) is 0 Å². The summed E-state index contributed by atoms with van der Waals surface area (Å²) in [6.07, 6.45) is 7.35. The average molecular weight is 475 g/mol. The van der Waals surface area contributed by atoms with Crippen molar-refractivity contribution in [2.45, 2.75) is 57.7 Å².